The van der Waals surface area contributed by atoms with Crippen molar-refractivity contribution in [2.75, 3.05) is 19.6 Å². The standard InChI is InChI=1S/C17H23N3O/c18-13-16-10-6-12-20(14-16)17(21)19-11-5-4-9-15-7-2-1-3-8-15/h1-3,7-8,16H,4-6,9-12,14H2,(H,19,21)/t16-/m0/s1. The van der Waals surface area contributed by atoms with Crippen molar-refractivity contribution in [3.05, 3.63) is 35.9 Å². The van der Waals surface area contributed by atoms with Crippen LogP contribution in [0.3, 0.4) is 0 Å². The fourth-order valence-corrected chi connectivity index (χ4v) is 2.67. The van der Waals surface area contributed by atoms with Crippen LogP contribution in [0.5, 0.6) is 0 Å². The van der Waals surface area contributed by atoms with Crippen LogP contribution in [-0.4, -0.2) is 30.6 Å². The number of urea groups is 1. The minimum atomic E-state index is -0.0188. The lowest BCUT2D eigenvalue weighted by atomic mass is 10.0. The number of aryl methyl sites for hydroxylation is 1. The molecule has 4 nitrogen and oxygen atoms in total. The molecule has 0 aliphatic carbocycles. The van der Waals surface area contributed by atoms with Crippen LogP contribution in [0.1, 0.15) is 31.2 Å². The molecule has 0 bridgehead atoms. The van der Waals surface area contributed by atoms with Crippen LogP contribution < -0.4 is 5.32 Å². The van der Waals surface area contributed by atoms with Crippen molar-refractivity contribution in [2.24, 2.45) is 5.92 Å². The molecular formula is C17H23N3O. The van der Waals surface area contributed by atoms with Gasteiger partial charge in [-0.05, 0) is 37.7 Å². The molecule has 1 heterocycles. The third-order valence-electron chi connectivity index (χ3n) is 3.90. The van der Waals surface area contributed by atoms with Crippen LogP contribution in [0.2, 0.25) is 0 Å². The van der Waals surface area contributed by atoms with Gasteiger partial charge in [0.15, 0.2) is 0 Å². The Morgan fingerprint density at radius 2 is 2.14 bits per heavy atom. The number of benzene rings is 1. The van der Waals surface area contributed by atoms with E-state index in [0.717, 1.165) is 38.6 Å². The number of hydrogen-bond donors (Lipinski definition) is 1. The highest BCUT2D eigenvalue weighted by atomic mass is 16.2. The number of nitrogens with one attached hydrogen (secondary N) is 1. The molecule has 1 N–H and O–H groups in total. The second-order valence-electron chi connectivity index (χ2n) is 5.59. The summed E-state index contributed by atoms with van der Waals surface area (Å²) in [4.78, 5) is 13.8. The zero-order valence-electron chi connectivity index (χ0n) is 12.4. The van der Waals surface area contributed by atoms with Gasteiger partial charge in [-0.1, -0.05) is 30.3 Å². The molecule has 0 unspecified atom stereocenters. The van der Waals surface area contributed by atoms with Gasteiger partial charge in [-0.2, -0.15) is 5.26 Å². The molecule has 1 aliphatic rings. The monoisotopic (exact) mass is 285 g/mol. The van der Waals surface area contributed by atoms with Gasteiger partial charge >= 0.3 is 6.03 Å². The van der Waals surface area contributed by atoms with Gasteiger partial charge in [0.1, 0.15) is 0 Å². The van der Waals surface area contributed by atoms with Gasteiger partial charge in [0.25, 0.3) is 0 Å². The Hall–Kier alpha value is -2.02. The molecule has 1 aromatic rings. The number of piperidine rings is 1. The van der Waals surface area contributed by atoms with Crippen LogP contribution >= 0.6 is 0 Å². The second kappa shape index (κ2) is 8.31. The van der Waals surface area contributed by atoms with Gasteiger partial charge in [0, 0.05) is 19.6 Å². The number of carbonyl (C=O) groups is 1. The van der Waals surface area contributed by atoms with Crippen LogP contribution in [-0.2, 0) is 6.42 Å². The lowest BCUT2D eigenvalue weighted by Crippen LogP contribution is -2.45. The van der Waals surface area contributed by atoms with Crippen molar-refractivity contribution in [1.29, 1.82) is 5.26 Å². The highest BCUT2D eigenvalue weighted by Crippen LogP contribution is 2.15. The summed E-state index contributed by atoms with van der Waals surface area (Å²) < 4.78 is 0. The molecule has 1 aromatic carbocycles. The number of nitrogens with zero attached hydrogens (tertiary/aromatic N) is 2. The van der Waals surface area contributed by atoms with E-state index in [1.165, 1.54) is 5.56 Å². The van der Waals surface area contributed by atoms with Crippen molar-refractivity contribution >= 4 is 6.03 Å². The fourth-order valence-electron chi connectivity index (χ4n) is 2.67. The zero-order valence-corrected chi connectivity index (χ0v) is 12.4. The Morgan fingerprint density at radius 3 is 2.90 bits per heavy atom. The van der Waals surface area contributed by atoms with E-state index in [9.17, 15) is 4.79 Å². The van der Waals surface area contributed by atoms with Crippen molar-refractivity contribution < 1.29 is 4.79 Å². The highest BCUT2D eigenvalue weighted by molar-refractivity contribution is 5.74. The van der Waals surface area contributed by atoms with E-state index in [4.69, 9.17) is 5.26 Å². The average molecular weight is 285 g/mol. The minimum Gasteiger partial charge on any atom is -0.338 e. The maximum absolute atomic E-state index is 12.0. The van der Waals surface area contributed by atoms with Gasteiger partial charge in [0.05, 0.1) is 12.0 Å². The molecule has 1 fully saturated rings. The van der Waals surface area contributed by atoms with Gasteiger partial charge in [-0.3, -0.25) is 0 Å². The summed E-state index contributed by atoms with van der Waals surface area (Å²) in [6.45, 7) is 2.06. The average Bonchev–Trinajstić information content (AvgIpc) is 2.55. The van der Waals surface area contributed by atoms with Gasteiger partial charge in [-0.25, -0.2) is 4.79 Å². The normalized spacial score (nSPS) is 18.0. The number of carbonyl (C=O) groups excluding carboxylic acids is 1. The summed E-state index contributed by atoms with van der Waals surface area (Å²) in [7, 11) is 0. The third kappa shape index (κ3) is 5.11. The summed E-state index contributed by atoms with van der Waals surface area (Å²) in [6, 6.07) is 12.6. The SMILES string of the molecule is N#C[C@@H]1CCCN(C(=O)NCCCCc2ccccc2)C1. The van der Waals surface area contributed by atoms with Crippen molar-refractivity contribution in [3.8, 4) is 6.07 Å². The number of unbranched alkanes of at least 4 members (excludes halogenated alkanes) is 1. The predicted molar refractivity (Wildman–Crippen MR) is 82.7 cm³/mol. The number of amides is 2. The third-order valence-corrected chi connectivity index (χ3v) is 3.90. The lowest BCUT2D eigenvalue weighted by molar-refractivity contribution is 0.176. The van der Waals surface area contributed by atoms with Gasteiger partial charge in [0.2, 0.25) is 0 Å². The topological polar surface area (TPSA) is 56.1 Å². The Kier molecular flexibility index (Phi) is 6.08. The van der Waals surface area contributed by atoms with Crippen molar-refractivity contribution in [3.63, 3.8) is 0 Å². The minimum absolute atomic E-state index is 0.00239. The second-order valence-corrected chi connectivity index (χ2v) is 5.59. The van der Waals surface area contributed by atoms with E-state index in [2.05, 4.69) is 35.7 Å². The fraction of sp³-hybridized carbons (Fsp3) is 0.529. The summed E-state index contributed by atoms with van der Waals surface area (Å²) in [5.41, 5.74) is 1.34. The Balaban J connectivity index is 1.60. The van der Waals surface area contributed by atoms with Crippen LogP contribution in [0.25, 0.3) is 0 Å². The summed E-state index contributed by atoms with van der Waals surface area (Å²) in [5, 5.41) is 11.9. The molecule has 2 rings (SSSR count). The first-order valence-electron chi connectivity index (χ1n) is 7.76. The Bertz CT molecular complexity index is 481. The maximum atomic E-state index is 12.0. The lowest BCUT2D eigenvalue weighted by Gasteiger charge is -2.29. The molecule has 0 saturated carbocycles. The summed E-state index contributed by atoms with van der Waals surface area (Å²) >= 11 is 0. The molecule has 0 spiro atoms. The predicted octanol–water partition coefficient (Wildman–Crippen LogP) is 2.95. The molecule has 2 amide bonds. The molecule has 1 aliphatic heterocycles. The summed E-state index contributed by atoms with van der Waals surface area (Å²) in [6.07, 6.45) is 4.95. The molecular weight excluding hydrogens is 262 g/mol. The maximum Gasteiger partial charge on any atom is 0.317 e. The quantitative estimate of drug-likeness (QED) is 0.846. The van der Waals surface area contributed by atoms with E-state index in [0.29, 0.717) is 13.1 Å². The molecule has 0 radical (unpaired) electrons. The first-order chi connectivity index (χ1) is 10.3. The number of likely N-dealkylation sites (tertiary alicyclic amines) is 1. The van der Waals surface area contributed by atoms with Gasteiger partial charge in [-0.15, -0.1) is 0 Å². The molecule has 0 aromatic heterocycles. The first-order valence-corrected chi connectivity index (χ1v) is 7.76. The van der Waals surface area contributed by atoms with E-state index in [1.807, 2.05) is 6.07 Å². The van der Waals surface area contributed by atoms with Crippen LogP contribution in [0, 0.1) is 17.2 Å². The van der Waals surface area contributed by atoms with Gasteiger partial charge < -0.3 is 10.2 Å². The van der Waals surface area contributed by atoms with E-state index in [1.54, 1.807) is 4.90 Å². The van der Waals surface area contributed by atoms with E-state index in [-0.39, 0.29) is 11.9 Å². The van der Waals surface area contributed by atoms with Crippen LogP contribution in [0.15, 0.2) is 30.3 Å². The molecule has 21 heavy (non-hydrogen) atoms. The zero-order chi connectivity index (χ0) is 14.9. The van der Waals surface area contributed by atoms with Crippen molar-refractivity contribution in [2.45, 2.75) is 32.1 Å². The highest BCUT2D eigenvalue weighted by Gasteiger charge is 2.22. The van der Waals surface area contributed by atoms with E-state index < -0.39 is 0 Å². The smallest absolute Gasteiger partial charge is 0.317 e. The molecule has 112 valence electrons. The molecule has 4 heteroatoms. The number of nitriles is 1. The largest absolute Gasteiger partial charge is 0.338 e. The number of hydrogen-bond acceptors (Lipinski definition) is 2. The summed E-state index contributed by atoms with van der Waals surface area (Å²) in [5.74, 6) is 0.00239. The Morgan fingerprint density at radius 1 is 1.33 bits per heavy atom. The number of rotatable bonds is 5. The molecule has 1 atom stereocenters. The first kappa shape index (κ1) is 15.4. The van der Waals surface area contributed by atoms with Crippen molar-refractivity contribution in [1.82, 2.24) is 10.2 Å². The molecule has 1 saturated heterocycles. The van der Waals surface area contributed by atoms with Crippen LogP contribution in [0.4, 0.5) is 4.79 Å². The van der Waals surface area contributed by atoms with E-state index >= 15 is 0 Å². The Labute approximate surface area is 126 Å².